The van der Waals surface area contributed by atoms with Crippen molar-refractivity contribution in [1.29, 1.82) is 0 Å². The van der Waals surface area contributed by atoms with Gasteiger partial charge < -0.3 is 40.2 Å². The van der Waals surface area contributed by atoms with Crippen molar-refractivity contribution in [2.24, 2.45) is 27.7 Å². The van der Waals surface area contributed by atoms with E-state index in [0.29, 0.717) is 24.0 Å². The monoisotopic (exact) mass is 846 g/mol. The lowest BCUT2D eigenvalue weighted by Gasteiger charge is -2.36. The molecule has 3 aliphatic heterocycles. The van der Waals surface area contributed by atoms with Crippen LogP contribution < -0.4 is 16.1 Å². The van der Waals surface area contributed by atoms with Gasteiger partial charge in [0.05, 0.1) is 18.1 Å². The van der Waals surface area contributed by atoms with Gasteiger partial charge in [0.1, 0.15) is 48.6 Å². The number of hydrazine groups is 1. The van der Waals surface area contributed by atoms with E-state index < -0.39 is 83.9 Å². The predicted molar refractivity (Wildman–Crippen MR) is 226 cm³/mol. The summed E-state index contributed by atoms with van der Waals surface area (Å²) in [5.74, 6) is -6.00. The molecule has 2 bridgehead atoms. The van der Waals surface area contributed by atoms with E-state index in [-0.39, 0.29) is 56.2 Å². The van der Waals surface area contributed by atoms with Crippen molar-refractivity contribution in [2.45, 2.75) is 110 Å². The van der Waals surface area contributed by atoms with Gasteiger partial charge in [0, 0.05) is 37.8 Å². The largest absolute Gasteiger partial charge is 0.508 e. The summed E-state index contributed by atoms with van der Waals surface area (Å²) in [6, 6.07) is 2.83. The Balaban J connectivity index is 1.69. The summed E-state index contributed by atoms with van der Waals surface area (Å²) in [7, 11) is 0. The third-order valence-electron chi connectivity index (χ3n) is 10.6. The quantitative estimate of drug-likeness (QED) is 0.119. The number of aromatic hydroxyl groups is 1. The zero-order chi connectivity index (χ0) is 44.6. The Hall–Kier alpha value is -5.78. The number of ether oxygens (including phenoxy) is 2. The molecule has 0 spiro atoms. The predicted octanol–water partition coefficient (Wildman–Crippen LogP) is 2.31. The van der Waals surface area contributed by atoms with Crippen LogP contribution >= 0.6 is 0 Å². The number of carbonyl (C=O) groups excluding carboxylic acids is 6. The topological polar surface area (TPSA) is 246 Å². The summed E-state index contributed by atoms with van der Waals surface area (Å²) in [5, 5.41) is 39.5. The second kappa shape index (κ2) is 23.3. The van der Waals surface area contributed by atoms with E-state index >= 15 is 0 Å². The number of allylic oxidation sites excluding steroid dienone is 4. The van der Waals surface area contributed by atoms with E-state index in [0.717, 1.165) is 0 Å². The molecule has 0 radical (unpaired) electrons. The molecule has 3 heterocycles. The van der Waals surface area contributed by atoms with Gasteiger partial charge in [-0.05, 0) is 62.3 Å². The number of carbonyl (C=O) groups is 6. The number of ketones is 1. The fourth-order valence-corrected chi connectivity index (χ4v) is 6.91. The maximum Gasteiger partial charge on any atom is 0.337 e. The number of hydrogen-bond acceptors (Lipinski definition) is 14. The van der Waals surface area contributed by atoms with Gasteiger partial charge in [-0.1, -0.05) is 69.4 Å². The van der Waals surface area contributed by atoms with E-state index in [1.54, 1.807) is 64.1 Å². The highest BCUT2D eigenvalue weighted by Gasteiger charge is 2.38. The van der Waals surface area contributed by atoms with Gasteiger partial charge in [-0.2, -0.15) is 0 Å². The van der Waals surface area contributed by atoms with Crippen LogP contribution in [0.2, 0.25) is 0 Å². The molecule has 17 nitrogen and oxygen atoms in total. The van der Waals surface area contributed by atoms with Crippen molar-refractivity contribution in [3.63, 3.8) is 0 Å². The highest BCUT2D eigenvalue weighted by atomic mass is 16.5. The third kappa shape index (κ3) is 14.7. The van der Waals surface area contributed by atoms with Crippen LogP contribution in [-0.4, -0.2) is 118 Å². The Labute approximate surface area is 355 Å². The molecule has 0 aromatic heterocycles. The van der Waals surface area contributed by atoms with Crippen LogP contribution in [-0.2, 0) is 44.7 Å². The molecular weight excluding hydrogens is 789 g/mol. The van der Waals surface area contributed by atoms with Crippen LogP contribution in [0, 0.1) is 17.8 Å². The fraction of sp³-hybridized carbons (Fsp3) is 0.500. The van der Waals surface area contributed by atoms with Crippen LogP contribution in [0.4, 0.5) is 0 Å². The number of nitrogens with zero attached hydrogens (tertiary/aromatic N) is 3. The fourth-order valence-electron chi connectivity index (χ4n) is 6.91. The minimum atomic E-state index is -1.43. The Kier molecular flexibility index (Phi) is 18.3. The van der Waals surface area contributed by atoms with Gasteiger partial charge in [-0.15, -0.1) is 0 Å². The Morgan fingerprint density at radius 2 is 1.85 bits per heavy atom. The van der Waals surface area contributed by atoms with Crippen molar-refractivity contribution in [3.05, 3.63) is 77.9 Å². The summed E-state index contributed by atoms with van der Waals surface area (Å²) in [5.41, 5.74) is 4.06. The number of aliphatic hydroxyl groups excluding tert-OH is 2. The molecule has 3 amide bonds. The van der Waals surface area contributed by atoms with Crippen LogP contribution in [0.1, 0.15) is 72.3 Å². The normalized spacial score (nSPS) is 28.6. The minimum absolute atomic E-state index is 0.0376. The van der Waals surface area contributed by atoms with Crippen molar-refractivity contribution >= 4 is 47.7 Å². The summed E-state index contributed by atoms with van der Waals surface area (Å²) >= 11 is 0. The number of amides is 3. The van der Waals surface area contributed by atoms with E-state index in [4.69, 9.17) is 9.47 Å². The number of aliphatic hydroxyl groups is 2. The highest BCUT2D eigenvalue weighted by molar-refractivity contribution is 6.00. The van der Waals surface area contributed by atoms with Crippen LogP contribution in [0.3, 0.4) is 0 Å². The van der Waals surface area contributed by atoms with Crippen LogP contribution in [0.5, 0.6) is 5.75 Å². The number of phenolic OH excluding ortho intramolecular Hbond substituents is 1. The summed E-state index contributed by atoms with van der Waals surface area (Å²) in [6.07, 6.45) is 9.07. The second-order valence-corrected chi connectivity index (χ2v) is 15.8. The van der Waals surface area contributed by atoms with Crippen molar-refractivity contribution in [3.8, 4) is 5.75 Å². The Morgan fingerprint density at radius 1 is 1.08 bits per heavy atom. The zero-order valence-corrected chi connectivity index (χ0v) is 35.2. The van der Waals surface area contributed by atoms with E-state index in [2.05, 4.69) is 26.0 Å². The molecule has 8 atom stereocenters. The average Bonchev–Trinajstić information content (AvgIpc) is 3.73. The zero-order valence-electron chi connectivity index (χ0n) is 35.2. The molecule has 1 unspecified atom stereocenters. The molecule has 17 heteroatoms. The molecule has 1 fully saturated rings. The Bertz CT molecular complexity index is 1940. The van der Waals surface area contributed by atoms with Crippen LogP contribution in [0.25, 0.3) is 0 Å². The lowest BCUT2D eigenvalue weighted by atomic mass is 9.84. The van der Waals surface area contributed by atoms with Gasteiger partial charge in [-0.25, -0.2) is 15.2 Å². The van der Waals surface area contributed by atoms with E-state index in [1.165, 1.54) is 48.6 Å². The number of fused-ring (bicyclic) bond motifs is 2. The molecule has 1 aromatic rings. The second-order valence-electron chi connectivity index (χ2n) is 15.8. The maximum atomic E-state index is 14.3. The highest BCUT2D eigenvalue weighted by Crippen LogP contribution is 2.24. The summed E-state index contributed by atoms with van der Waals surface area (Å²) in [6.45, 7) is 8.38. The standard InChI is InChI=1S/C44H58N6O11/c1-26(2)39-42(57)47-34(23-30-13-10-14-31(52)22-30)43(58)50-21-11-15-33(49-50)44(59)60-36(27(3)12-9-18-38(54)61-37-24-45-25-46-37)17-8-6-7-16-35(53)29(5)40(55)32(41(56)48-39)20-19-28(4)51/h6-10,12-14,16,18,22,25-26,29,32-36,39-40,49,52-53,55H,11,15,17,19-21,23-24H2,1-5H3,(H,47,57)(H,48,56)/b8-6+,16-7+,18-9+,27-12+/t29-,32+,33?,34-,35-,36-,39-,40+/m0/s1. The molecule has 3 aliphatic rings. The van der Waals surface area contributed by atoms with Crippen LogP contribution in [0.15, 0.2) is 82.4 Å². The number of Topliss-reactive ketones (excluding diaryl/α,β-unsaturated/α-hetero) is 1. The molecule has 61 heavy (non-hydrogen) atoms. The molecule has 0 saturated carbocycles. The van der Waals surface area contributed by atoms with E-state index in [9.17, 15) is 44.1 Å². The maximum absolute atomic E-state index is 14.3. The Morgan fingerprint density at radius 3 is 2.54 bits per heavy atom. The van der Waals surface area contributed by atoms with Crippen molar-refractivity contribution < 1.29 is 53.6 Å². The van der Waals surface area contributed by atoms with Crippen molar-refractivity contribution in [1.82, 2.24) is 21.1 Å². The number of cyclic esters (lactones) is 1. The molecule has 4 rings (SSSR count). The lowest BCUT2D eigenvalue weighted by Crippen LogP contribution is -2.62. The third-order valence-corrected chi connectivity index (χ3v) is 10.6. The van der Waals surface area contributed by atoms with E-state index in [1.807, 2.05) is 0 Å². The number of hydrogen-bond donors (Lipinski definition) is 6. The number of phenols is 1. The molecule has 0 aliphatic carbocycles. The van der Waals surface area contributed by atoms with Gasteiger partial charge >= 0.3 is 11.9 Å². The lowest BCUT2D eigenvalue weighted by molar-refractivity contribution is -0.156. The average molecular weight is 847 g/mol. The summed E-state index contributed by atoms with van der Waals surface area (Å²) in [4.78, 5) is 88.2. The molecular formula is C44H58N6O11. The smallest absolute Gasteiger partial charge is 0.337 e. The number of rotatable bonds is 9. The van der Waals surface area contributed by atoms with Gasteiger partial charge in [-0.3, -0.25) is 29.2 Å². The molecule has 330 valence electrons. The molecule has 1 aromatic carbocycles. The van der Waals surface area contributed by atoms with Gasteiger partial charge in [0.15, 0.2) is 0 Å². The molecule has 6 N–H and O–H groups in total. The number of esters is 2. The van der Waals surface area contributed by atoms with Gasteiger partial charge in [0.2, 0.25) is 17.7 Å². The minimum Gasteiger partial charge on any atom is -0.508 e. The first-order chi connectivity index (χ1) is 29.0. The first-order valence-electron chi connectivity index (χ1n) is 20.5. The number of nitrogens with one attached hydrogen (secondary N) is 3. The van der Waals surface area contributed by atoms with Crippen molar-refractivity contribution in [2.75, 3.05) is 13.1 Å². The number of aliphatic imine (C=N–C) groups is 2. The summed E-state index contributed by atoms with van der Waals surface area (Å²) < 4.78 is 11.1. The number of benzene rings is 1. The molecule has 1 saturated heterocycles. The van der Waals surface area contributed by atoms with Gasteiger partial charge in [0.25, 0.3) is 5.91 Å². The first kappa shape index (κ1) is 47.9. The first-order valence-corrected chi connectivity index (χ1v) is 20.5. The SMILES string of the molecule is CC(=O)CC[C@H]1C(=O)N[C@@H](C(C)C)C(=O)N[C@@H](Cc2cccc(O)c2)C(=O)N2CCCC(N2)C(=O)O[C@H](/C(C)=C/C=C/C(=O)OC2=NC=NC2)C/C=C/C=C/[C@H](O)[C@H](C)[C@H]1O.